The van der Waals surface area contributed by atoms with Gasteiger partial charge in [-0.3, -0.25) is 14.9 Å². The van der Waals surface area contributed by atoms with Crippen LogP contribution >= 0.6 is 0 Å². The lowest BCUT2D eigenvalue weighted by Crippen LogP contribution is -2.14. The van der Waals surface area contributed by atoms with E-state index in [2.05, 4.69) is 30.5 Å². The molecule has 39 heavy (non-hydrogen) atoms. The highest BCUT2D eigenvalue weighted by Crippen LogP contribution is 2.33. The van der Waals surface area contributed by atoms with Gasteiger partial charge in [0.05, 0.1) is 41.9 Å². The van der Waals surface area contributed by atoms with Crippen LogP contribution in [-0.4, -0.2) is 36.0 Å². The van der Waals surface area contributed by atoms with Gasteiger partial charge in [0.25, 0.3) is 0 Å². The second kappa shape index (κ2) is 9.38. The first-order valence-corrected chi connectivity index (χ1v) is 12.4. The van der Waals surface area contributed by atoms with Crippen molar-refractivity contribution in [1.29, 1.82) is 0 Å². The summed E-state index contributed by atoms with van der Waals surface area (Å²) in [5.41, 5.74) is 8.25. The maximum absolute atomic E-state index is 12.6. The molecule has 0 atom stereocenters. The van der Waals surface area contributed by atoms with Gasteiger partial charge in [0.15, 0.2) is 11.5 Å². The van der Waals surface area contributed by atoms with E-state index in [0.717, 1.165) is 44.2 Å². The van der Waals surface area contributed by atoms with E-state index in [1.807, 2.05) is 66.7 Å². The number of fused-ring (bicyclic) bond motifs is 2. The molecule has 1 amide bonds. The summed E-state index contributed by atoms with van der Waals surface area (Å²) in [5.74, 6) is 0.512. The molecular weight excluding hydrogens is 490 g/mol. The molecule has 0 aliphatic carbocycles. The standard InChI is InChI=1S/C30H21N7O2/c38-26(12-18-4-2-1-3-5-18)33-22-13-21(15-31-16-22)19-6-7-25-24(14-19)28(37-36-25)30-34-27-23(20-9-11-39-17-20)8-10-32-29(27)35-30/h1-11,13-17H,12H2,(H,33,38)(H,36,37)(H,32,34,35). The highest BCUT2D eigenvalue weighted by Gasteiger charge is 2.17. The fourth-order valence-corrected chi connectivity index (χ4v) is 4.71. The number of carbonyl (C=O) groups excluding carboxylic acids is 1. The first-order chi connectivity index (χ1) is 19.2. The Morgan fingerprint density at radius 1 is 0.949 bits per heavy atom. The zero-order valence-electron chi connectivity index (χ0n) is 20.6. The van der Waals surface area contributed by atoms with Gasteiger partial charge in [-0.05, 0) is 41.5 Å². The lowest BCUT2D eigenvalue weighted by Gasteiger charge is -2.08. The number of rotatable bonds is 6. The molecule has 9 nitrogen and oxygen atoms in total. The van der Waals surface area contributed by atoms with Crippen LogP contribution in [0.1, 0.15) is 5.56 Å². The third kappa shape index (κ3) is 4.31. The number of aromatic amines is 2. The zero-order chi connectivity index (χ0) is 26.2. The summed E-state index contributed by atoms with van der Waals surface area (Å²) in [4.78, 5) is 29.5. The van der Waals surface area contributed by atoms with E-state index in [4.69, 9.17) is 9.40 Å². The molecule has 0 bridgehead atoms. The lowest BCUT2D eigenvalue weighted by molar-refractivity contribution is -0.115. The number of anilines is 1. The molecular formula is C30H21N7O2. The van der Waals surface area contributed by atoms with Gasteiger partial charge >= 0.3 is 0 Å². The molecule has 0 radical (unpaired) electrons. The van der Waals surface area contributed by atoms with Crippen molar-refractivity contribution in [3.8, 4) is 33.8 Å². The summed E-state index contributed by atoms with van der Waals surface area (Å²) in [6.45, 7) is 0. The number of pyridine rings is 2. The van der Waals surface area contributed by atoms with Crippen molar-refractivity contribution < 1.29 is 9.21 Å². The Balaban J connectivity index is 1.21. The van der Waals surface area contributed by atoms with E-state index in [9.17, 15) is 4.79 Å². The number of hydrogen-bond acceptors (Lipinski definition) is 6. The van der Waals surface area contributed by atoms with Crippen LogP contribution in [0.3, 0.4) is 0 Å². The minimum atomic E-state index is -0.0963. The van der Waals surface area contributed by atoms with E-state index in [0.29, 0.717) is 29.3 Å². The number of benzene rings is 2. The van der Waals surface area contributed by atoms with Crippen LogP contribution in [0, 0.1) is 0 Å². The summed E-state index contributed by atoms with van der Waals surface area (Å²) >= 11 is 0. The van der Waals surface area contributed by atoms with Crippen molar-refractivity contribution in [2.75, 3.05) is 5.32 Å². The Bertz CT molecular complexity index is 1940. The molecule has 7 rings (SSSR count). The first-order valence-electron chi connectivity index (χ1n) is 12.4. The molecule has 0 aliphatic rings. The predicted molar refractivity (Wildman–Crippen MR) is 149 cm³/mol. The van der Waals surface area contributed by atoms with Gasteiger partial charge in [0, 0.05) is 34.5 Å². The van der Waals surface area contributed by atoms with E-state index in [1.165, 1.54) is 0 Å². The summed E-state index contributed by atoms with van der Waals surface area (Å²) in [5, 5.41) is 11.5. The maximum atomic E-state index is 12.6. The number of aromatic nitrogens is 6. The SMILES string of the molecule is O=C(Cc1ccccc1)Nc1cncc(-c2ccc3[nH]nc(-c4nc5nccc(-c6ccoc6)c5[nH]4)c3c2)c1. The summed E-state index contributed by atoms with van der Waals surface area (Å²) < 4.78 is 5.27. The van der Waals surface area contributed by atoms with Crippen molar-refractivity contribution in [2.24, 2.45) is 0 Å². The van der Waals surface area contributed by atoms with E-state index in [1.54, 1.807) is 31.1 Å². The van der Waals surface area contributed by atoms with Crippen LogP contribution in [0.2, 0.25) is 0 Å². The number of H-pyrrole nitrogens is 2. The number of carbonyl (C=O) groups is 1. The highest BCUT2D eigenvalue weighted by molar-refractivity contribution is 5.98. The molecule has 0 saturated heterocycles. The predicted octanol–water partition coefficient (Wildman–Crippen LogP) is 6.00. The van der Waals surface area contributed by atoms with Gasteiger partial charge in [-0.15, -0.1) is 0 Å². The average molecular weight is 512 g/mol. The Morgan fingerprint density at radius 3 is 2.74 bits per heavy atom. The van der Waals surface area contributed by atoms with Crippen LogP contribution in [0.25, 0.3) is 55.8 Å². The van der Waals surface area contributed by atoms with Crippen LogP contribution in [0.5, 0.6) is 0 Å². The van der Waals surface area contributed by atoms with Crippen molar-refractivity contribution in [3.05, 3.63) is 103 Å². The van der Waals surface area contributed by atoms with Gasteiger partial charge in [-0.1, -0.05) is 36.4 Å². The largest absolute Gasteiger partial charge is 0.472 e. The Kier molecular flexibility index (Phi) is 5.44. The second-order valence-corrected chi connectivity index (χ2v) is 9.16. The van der Waals surface area contributed by atoms with E-state index >= 15 is 0 Å². The fraction of sp³-hybridized carbons (Fsp3) is 0.0333. The second-order valence-electron chi connectivity index (χ2n) is 9.16. The molecule has 188 valence electrons. The smallest absolute Gasteiger partial charge is 0.228 e. The van der Waals surface area contributed by atoms with Gasteiger partial charge in [-0.25, -0.2) is 9.97 Å². The van der Waals surface area contributed by atoms with Crippen LogP contribution < -0.4 is 5.32 Å². The Hall–Kier alpha value is -5.57. The third-order valence-electron chi connectivity index (χ3n) is 6.57. The lowest BCUT2D eigenvalue weighted by atomic mass is 10.0. The normalized spacial score (nSPS) is 11.3. The van der Waals surface area contributed by atoms with Crippen molar-refractivity contribution in [2.45, 2.75) is 6.42 Å². The molecule has 0 unspecified atom stereocenters. The maximum Gasteiger partial charge on any atom is 0.228 e. The van der Waals surface area contributed by atoms with Gasteiger partial charge in [0.2, 0.25) is 5.91 Å². The van der Waals surface area contributed by atoms with Gasteiger partial charge in [0.1, 0.15) is 5.69 Å². The highest BCUT2D eigenvalue weighted by atomic mass is 16.3. The quantitative estimate of drug-likeness (QED) is 0.251. The Labute approximate surface area is 222 Å². The number of imidazole rings is 1. The fourth-order valence-electron chi connectivity index (χ4n) is 4.71. The van der Waals surface area contributed by atoms with Gasteiger partial charge in [-0.2, -0.15) is 5.10 Å². The number of nitrogens with one attached hydrogen (secondary N) is 3. The minimum Gasteiger partial charge on any atom is -0.472 e. The summed E-state index contributed by atoms with van der Waals surface area (Å²) in [7, 11) is 0. The molecule has 0 aliphatic heterocycles. The van der Waals surface area contributed by atoms with Gasteiger partial charge < -0.3 is 14.7 Å². The van der Waals surface area contributed by atoms with Crippen molar-refractivity contribution in [1.82, 2.24) is 30.1 Å². The van der Waals surface area contributed by atoms with Crippen molar-refractivity contribution >= 4 is 33.7 Å². The van der Waals surface area contributed by atoms with E-state index in [-0.39, 0.29) is 5.91 Å². The topological polar surface area (TPSA) is 125 Å². The van der Waals surface area contributed by atoms with Crippen LogP contribution in [-0.2, 0) is 11.2 Å². The molecule has 5 aromatic heterocycles. The number of nitrogens with zero attached hydrogens (tertiary/aromatic N) is 4. The monoisotopic (exact) mass is 511 g/mol. The average Bonchev–Trinajstić information content (AvgIpc) is 3.73. The van der Waals surface area contributed by atoms with Crippen LogP contribution in [0.15, 0.2) is 102 Å². The molecule has 3 N–H and O–H groups in total. The summed E-state index contributed by atoms with van der Waals surface area (Å²) in [6.07, 6.45) is 8.78. The summed E-state index contributed by atoms with van der Waals surface area (Å²) in [6, 6.07) is 21.4. The number of hydrogen-bond donors (Lipinski definition) is 3. The van der Waals surface area contributed by atoms with Crippen molar-refractivity contribution in [3.63, 3.8) is 0 Å². The van der Waals surface area contributed by atoms with E-state index < -0.39 is 0 Å². The molecule has 9 heteroatoms. The first kappa shape index (κ1) is 22.6. The third-order valence-corrected chi connectivity index (χ3v) is 6.57. The van der Waals surface area contributed by atoms with Crippen LogP contribution in [0.4, 0.5) is 5.69 Å². The molecule has 0 saturated carbocycles. The molecule has 5 heterocycles. The molecule has 7 aromatic rings. The zero-order valence-corrected chi connectivity index (χ0v) is 20.6. The number of amides is 1. The molecule has 2 aromatic carbocycles. The molecule has 0 spiro atoms. The minimum absolute atomic E-state index is 0.0963. The number of furan rings is 1. The molecule has 0 fully saturated rings. The Morgan fingerprint density at radius 2 is 1.87 bits per heavy atom.